The van der Waals surface area contributed by atoms with Crippen molar-refractivity contribution in [2.24, 2.45) is 0 Å². The highest BCUT2D eigenvalue weighted by Gasteiger charge is 2.11. The summed E-state index contributed by atoms with van der Waals surface area (Å²) in [5, 5.41) is 2.58. The third kappa shape index (κ3) is 4.01. The summed E-state index contributed by atoms with van der Waals surface area (Å²) in [4.78, 5) is 21.9. The van der Waals surface area contributed by atoms with E-state index >= 15 is 0 Å². The van der Waals surface area contributed by atoms with Crippen LogP contribution < -0.4 is 5.32 Å². The fourth-order valence-electron chi connectivity index (χ4n) is 1.31. The van der Waals surface area contributed by atoms with Crippen molar-refractivity contribution >= 4 is 18.0 Å². The lowest BCUT2D eigenvalue weighted by Crippen LogP contribution is -2.19. The van der Waals surface area contributed by atoms with E-state index in [1.54, 1.807) is 12.2 Å². The average molecular weight is 251 g/mol. The fourth-order valence-corrected chi connectivity index (χ4v) is 1.31. The molecule has 1 rings (SSSR count). The van der Waals surface area contributed by atoms with Crippen LogP contribution in [-0.4, -0.2) is 25.5 Å². The second-order valence-corrected chi connectivity index (χ2v) is 3.57. The summed E-state index contributed by atoms with van der Waals surface area (Å²) in [5.74, 6) is -1.47. The molecule has 5 heteroatoms. The highest BCUT2D eigenvalue weighted by molar-refractivity contribution is 5.90. The number of halogens is 1. The first-order valence-electron chi connectivity index (χ1n) is 5.33. The Morgan fingerprint density at radius 3 is 2.78 bits per heavy atom. The molecule has 0 saturated carbocycles. The smallest absolute Gasteiger partial charge is 0.340 e. The van der Waals surface area contributed by atoms with E-state index in [1.807, 2.05) is 0 Å². The quantitative estimate of drug-likeness (QED) is 0.830. The number of carbonyl (C=O) groups excluding carboxylic acids is 2. The van der Waals surface area contributed by atoms with E-state index in [0.29, 0.717) is 12.1 Å². The summed E-state index contributed by atoms with van der Waals surface area (Å²) in [6.45, 7) is 1.79. The van der Waals surface area contributed by atoms with Gasteiger partial charge in [-0.05, 0) is 17.7 Å². The van der Waals surface area contributed by atoms with Crippen LogP contribution in [0, 0.1) is 5.82 Å². The molecule has 0 atom stereocenters. The van der Waals surface area contributed by atoms with E-state index in [4.69, 9.17) is 0 Å². The van der Waals surface area contributed by atoms with Gasteiger partial charge in [-0.2, -0.15) is 0 Å². The average Bonchev–Trinajstić information content (AvgIpc) is 2.35. The minimum atomic E-state index is -0.718. The highest BCUT2D eigenvalue weighted by Crippen LogP contribution is 2.12. The Morgan fingerprint density at radius 2 is 2.17 bits per heavy atom. The SMILES string of the molecule is COC(=O)c1cc(C=CCNC(C)=O)ccc1F. The van der Waals surface area contributed by atoms with Crippen LogP contribution >= 0.6 is 0 Å². The number of hydrogen-bond donors (Lipinski definition) is 1. The molecular formula is C13H14FNO3. The number of methoxy groups -OCH3 is 1. The van der Waals surface area contributed by atoms with Gasteiger partial charge < -0.3 is 10.1 Å². The molecule has 0 aliphatic heterocycles. The van der Waals surface area contributed by atoms with Crippen molar-refractivity contribution in [3.05, 3.63) is 41.2 Å². The molecule has 0 heterocycles. The van der Waals surface area contributed by atoms with Crippen LogP contribution in [0.15, 0.2) is 24.3 Å². The Bertz CT molecular complexity index is 483. The van der Waals surface area contributed by atoms with E-state index in [2.05, 4.69) is 10.1 Å². The van der Waals surface area contributed by atoms with Gasteiger partial charge in [-0.1, -0.05) is 18.2 Å². The third-order valence-corrected chi connectivity index (χ3v) is 2.17. The predicted molar refractivity (Wildman–Crippen MR) is 65.5 cm³/mol. The van der Waals surface area contributed by atoms with Crippen molar-refractivity contribution in [2.45, 2.75) is 6.92 Å². The molecule has 1 N–H and O–H groups in total. The molecule has 18 heavy (non-hydrogen) atoms. The molecule has 4 nitrogen and oxygen atoms in total. The fraction of sp³-hybridized carbons (Fsp3) is 0.231. The van der Waals surface area contributed by atoms with Gasteiger partial charge in [0.1, 0.15) is 5.82 Å². The van der Waals surface area contributed by atoms with Gasteiger partial charge in [0, 0.05) is 13.5 Å². The predicted octanol–water partition coefficient (Wildman–Crippen LogP) is 1.76. The van der Waals surface area contributed by atoms with E-state index in [9.17, 15) is 14.0 Å². The maximum Gasteiger partial charge on any atom is 0.340 e. The van der Waals surface area contributed by atoms with Gasteiger partial charge in [-0.25, -0.2) is 9.18 Å². The zero-order valence-corrected chi connectivity index (χ0v) is 10.2. The van der Waals surface area contributed by atoms with E-state index < -0.39 is 11.8 Å². The summed E-state index contributed by atoms with van der Waals surface area (Å²) in [7, 11) is 1.20. The van der Waals surface area contributed by atoms with Crippen molar-refractivity contribution in [1.29, 1.82) is 0 Å². The van der Waals surface area contributed by atoms with E-state index in [1.165, 1.54) is 32.2 Å². The van der Waals surface area contributed by atoms with Crippen molar-refractivity contribution in [2.75, 3.05) is 13.7 Å². The molecule has 0 saturated heterocycles. The van der Waals surface area contributed by atoms with Gasteiger partial charge in [0.2, 0.25) is 5.91 Å². The topological polar surface area (TPSA) is 55.4 Å². The minimum Gasteiger partial charge on any atom is -0.465 e. The van der Waals surface area contributed by atoms with Gasteiger partial charge in [0.15, 0.2) is 0 Å². The zero-order valence-electron chi connectivity index (χ0n) is 10.2. The molecule has 0 aliphatic rings. The zero-order chi connectivity index (χ0) is 13.5. The van der Waals surface area contributed by atoms with Crippen LogP contribution in [0.3, 0.4) is 0 Å². The minimum absolute atomic E-state index is 0.112. The van der Waals surface area contributed by atoms with Crippen LogP contribution in [0.5, 0.6) is 0 Å². The lowest BCUT2D eigenvalue weighted by Gasteiger charge is -2.02. The third-order valence-electron chi connectivity index (χ3n) is 2.17. The first kappa shape index (κ1) is 13.9. The molecule has 0 aromatic heterocycles. The second-order valence-electron chi connectivity index (χ2n) is 3.57. The van der Waals surface area contributed by atoms with Gasteiger partial charge >= 0.3 is 5.97 Å². The van der Waals surface area contributed by atoms with Crippen LogP contribution in [-0.2, 0) is 9.53 Å². The molecule has 0 spiro atoms. The van der Waals surface area contributed by atoms with Crippen molar-refractivity contribution in [3.8, 4) is 0 Å². The number of hydrogen-bond acceptors (Lipinski definition) is 3. The van der Waals surface area contributed by atoms with Crippen LogP contribution in [0.4, 0.5) is 4.39 Å². The largest absolute Gasteiger partial charge is 0.465 e. The molecule has 96 valence electrons. The molecule has 1 aromatic carbocycles. The molecule has 0 fully saturated rings. The first-order valence-corrected chi connectivity index (χ1v) is 5.33. The van der Waals surface area contributed by atoms with Crippen molar-refractivity contribution in [1.82, 2.24) is 5.32 Å². The number of ether oxygens (including phenoxy) is 1. The lowest BCUT2D eigenvalue weighted by molar-refractivity contribution is -0.118. The van der Waals surface area contributed by atoms with Gasteiger partial charge in [-0.3, -0.25) is 4.79 Å². The summed E-state index contributed by atoms with van der Waals surface area (Å²) >= 11 is 0. The molecule has 1 amide bonds. The Morgan fingerprint density at radius 1 is 1.44 bits per heavy atom. The number of amides is 1. The maximum absolute atomic E-state index is 13.3. The van der Waals surface area contributed by atoms with E-state index in [0.717, 1.165) is 0 Å². The van der Waals surface area contributed by atoms with E-state index in [-0.39, 0.29) is 11.5 Å². The Labute approximate surface area is 104 Å². The van der Waals surface area contributed by atoms with Crippen molar-refractivity contribution in [3.63, 3.8) is 0 Å². The summed E-state index contributed by atoms with van der Waals surface area (Å²) < 4.78 is 17.8. The number of carbonyl (C=O) groups is 2. The standard InChI is InChI=1S/C13H14FNO3/c1-9(16)15-7-3-4-10-5-6-12(14)11(8-10)13(17)18-2/h3-6,8H,7H2,1-2H3,(H,15,16). The Balaban J connectivity index is 2.79. The van der Waals surface area contributed by atoms with Crippen molar-refractivity contribution < 1.29 is 18.7 Å². The Hall–Kier alpha value is -2.17. The number of rotatable bonds is 4. The Kier molecular flexibility index (Phi) is 5.05. The summed E-state index contributed by atoms with van der Waals surface area (Å²) in [6.07, 6.45) is 3.39. The lowest BCUT2D eigenvalue weighted by atomic mass is 10.1. The molecule has 0 aliphatic carbocycles. The van der Waals surface area contributed by atoms with Gasteiger partial charge in [-0.15, -0.1) is 0 Å². The summed E-state index contributed by atoms with van der Waals surface area (Å²) in [6, 6.07) is 4.13. The van der Waals surface area contributed by atoms with Crippen LogP contribution in [0.1, 0.15) is 22.8 Å². The monoisotopic (exact) mass is 251 g/mol. The normalized spacial score (nSPS) is 10.4. The highest BCUT2D eigenvalue weighted by atomic mass is 19.1. The van der Waals surface area contributed by atoms with Gasteiger partial charge in [0.05, 0.1) is 12.7 Å². The maximum atomic E-state index is 13.3. The molecule has 0 radical (unpaired) electrons. The van der Waals surface area contributed by atoms with Crippen LogP contribution in [0.2, 0.25) is 0 Å². The second kappa shape index (κ2) is 6.54. The van der Waals surface area contributed by atoms with Crippen LogP contribution in [0.25, 0.3) is 6.08 Å². The number of benzene rings is 1. The number of esters is 1. The molecule has 0 unspecified atom stereocenters. The molecule has 0 bridgehead atoms. The van der Waals surface area contributed by atoms with Gasteiger partial charge in [0.25, 0.3) is 0 Å². The molecular weight excluding hydrogens is 237 g/mol. The summed E-state index contributed by atoms with van der Waals surface area (Å²) in [5.41, 5.74) is 0.543. The number of nitrogens with one attached hydrogen (secondary N) is 1. The molecule has 1 aromatic rings. The first-order chi connectivity index (χ1) is 8.54.